The number of pyridine rings is 1. The summed E-state index contributed by atoms with van der Waals surface area (Å²) in [5, 5.41) is 10.0. The van der Waals surface area contributed by atoms with Crippen LogP contribution in [0.3, 0.4) is 0 Å². The Hall–Kier alpha value is -2.56. The van der Waals surface area contributed by atoms with Crippen molar-refractivity contribution in [1.82, 2.24) is 19.3 Å². The van der Waals surface area contributed by atoms with Crippen LogP contribution >= 0.6 is 27.3 Å². The molecule has 2 fully saturated rings. The second-order valence-corrected chi connectivity index (χ2v) is 10.5. The minimum Gasteiger partial charge on any atom is -0.477 e. The summed E-state index contributed by atoms with van der Waals surface area (Å²) in [6.45, 7) is 7.27. The monoisotopic (exact) mass is 513 g/mol. The van der Waals surface area contributed by atoms with Crippen LogP contribution in [0.25, 0.3) is 26.1 Å². The van der Waals surface area contributed by atoms with E-state index >= 15 is 0 Å². The molecular formula is C22H20BrN5O3S. The van der Waals surface area contributed by atoms with Crippen LogP contribution in [0.15, 0.2) is 33.7 Å². The zero-order valence-electron chi connectivity index (χ0n) is 17.3. The van der Waals surface area contributed by atoms with Crippen molar-refractivity contribution in [2.75, 3.05) is 37.6 Å². The molecular weight excluding hydrogens is 494 g/mol. The number of likely N-dealkylation sites (tertiary alicyclic amines) is 1. The Balaban J connectivity index is 1.56. The Kier molecular flexibility index (Phi) is 4.53. The maximum Gasteiger partial charge on any atom is 0.342 e. The quantitative estimate of drug-likeness (QED) is 0.449. The molecule has 0 amide bonds. The minimum absolute atomic E-state index is 0.225. The average Bonchev–Trinajstić information content (AvgIpc) is 3.43. The van der Waals surface area contributed by atoms with E-state index in [-0.39, 0.29) is 10.9 Å². The summed E-state index contributed by atoms with van der Waals surface area (Å²) >= 11 is 4.76. The van der Waals surface area contributed by atoms with Gasteiger partial charge in [0.25, 0.3) is 0 Å². The molecule has 8 nitrogen and oxygen atoms in total. The first-order valence-corrected chi connectivity index (χ1v) is 12.2. The molecule has 0 radical (unpaired) electrons. The Bertz CT molecular complexity index is 1470. The zero-order chi connectivity index (χ0) is 22.1. The van der Waals surface area contributed by atoms with Crippen molar-refractivity contribution in [3.8, 4) is 0 Å². The molecule has 5 heterocycles. The lowest BCUT2D eigenvalue weighted by Crippen LogP contribution is -2.30. The van der Waals surface area contributed by atoms with E-state index < -0.39 is 11.4 Å². The second kappa shape index (κ2) is 7.23. The Morgan fingerprint density at radius 3 is 2.69 bits per heavy atom. The van der Waals surface area contributed by atoms with Gasteiger partial charge in [0.1, 0.15) is 10.4 Å². The number of anilines is 1. The molecule has 0 bridgehead atoms. The number of nitrogens with zero attached hydrogens (tertiary/aromatic N) is 5. The maximum atomic E-state index is 13.1. The number of carbonyl (C=O) groups is 1. The molecule has 3 aromatic heterocycles. The van der Waals surface area contributed by atoms with Gasteiger partial charge >= 0.3 is 5.97 Å². The zero-order valence-corrected chi connectivity index (χ0v) is 19.7. The number of fused-ring (bicyclic) bond motifs is 6. The molecule has 2 unspecified atom stereocenters. The fraction of sp³-hybridized carbons (Fsp3) is 0.364. The molecule has 2 saturated heterocycles. The highest BCUT2D eigenvalue weighted by atomic mass is 79.9. The number of aromatic nitrogens is 3. The third-order valence-electron chi connectivity index (χ3n) is 6.73. The van der Waals surface area contributed by atoms with Gasteiger partial charge in [-0.05, 0) is 36.6 Å². The van der Waals surface area contributed by atoms with Crippen LogP contribution in [0.5, 0.6) is 0 Å². The highest BCUT2D eigenvalue weighted by Crippen LogP contribution is 2.35. The molecule has 0 saturated carbocycles. The van der Waals surface area contributed by atoms with E-state index in [9.17, 15) is 14.7 Å². The third-order valence-corrected chi connectivity index (χ3v) is 8.35. The molecule has 32 heavy (non-hydrogen) atoms. The summed E-state index contributed by atoms with van der Waals surface area (Å²) in [4.78, 5) is 39.5. The Morgan fingerprint density at radius 2 is 2.00 bits per heavy atom. The van der Waals surface area contributed by atoms with Crippen molar-refractivity contribution in [2.24, 2.45) is 11.8 Å². The minimum atomic E-state index is -1.24. The van der Waals surface area contributed by atoms with E-state index in [1.165, 1.54) is 17.5 Å². The highest BCUT2D eigenvalue weighted by molar-refractivity contribution is 9.10. The molecule has 2 aliphatic heterocycles. The van der Waals surface area contributed by atoms with Crippen LogP contribution < -0.4 is 10.3 Å². The largest absolute Gasteiger partial charge is 0.477 e. The fourth-order valence-corrected chi connectivity index (χ4v) is 6.89. The van der Waals surface area contributed by atoms with Gasteiger partial charge in [-0.25, -0.2) is 9.78 Å². The molecule has 164 valence electrons. The molecule has 1 N–H and O–H groups in total. The van der Waals surface area contributed by atoms with Crippen molar-refractivity contribution in [3.63, 3.8) is 0 Å². The van der Waals surface area contributed by atoms with Crippen molar-refractivity contribution in [1.29, 1.82) is 0 Å². The topological polar surface area (TPSA) is 91.0 Å². The van der Waals surface area contributed by atoms with E-state index in [1.807, 2.05) is 18.2 Å². The molecule has 2 atom stereocenters. The van der Waals surface area contributed by atoms with Crippen LogP contribution in [-0.4, -0.2) is 63.1 Å². The lowest BCUT2D eigenvalue weighted by Gasteiger charge is -2.20. The van der Waals surface area contributed by atoms with Crippen molar-refractivity contribution < 1.29 is 9.90 Å². The van der Waals surface area contributed by atoms with Gasteiger partial charge < -0.3 is 14.9 Å². The van der Waals surface area contributed by atoms with Crippen LogP contribution in [-0.2, 0) is 0 Å². The van der Waals surface area contributed by atoms with Crippen LogP contribution in [0, 0.1) is 11.8 Å². The second-order valence-electron chi connectivity index (χ2n) is 8.55. The van der Waals surface area contributed by atoms with E-state index in [2.05, 4.69) is 37.6 Å². The summed E-state index contributed by atoms with van der Waals surface area (Å²) in [5.41, 5.74) is 0.506. The van der Waals surface area contributed by atoms with Crippen molar-refractivity contribution >= 4 is 65.3 Å². The number of benzene rings is 1. The van der Waals surface area contributed by atoms with Gasteiger partial charge in [-0.15, -0.1) is 11.3 Å². The van der Waals surface area contributed by atoms with Crippen LogP contribution in [0.1, 0.15) is 17.3 Å². The summed E-state index contributed by atoms with van der Waals surface area (Å²) in [6.07, 6.45) is 1.49. The predicted octanol–water partition coefficient (Wildman–Crippen LogP) is 3.31. The number of carboxylic acids is 1. The number of aromatic carboxylic acids is 1. The van der Waals surface area contributed by atoms with E-state index in [0.717, 1.165) is 47.4 Å². The highest BCUT2D eigenvalue weighted by Gasteiger charge is 2.40. The Labute approximate surface area is 195 Å². The number of carboxylic acid groups (broad SMARTS) is 1. The average molecular weight is 514 g/mol. The van der Waals surface area contributed by atoms with Gasteiger partial charge in [-0.3, -0.25) is 9.20 Å². The van der Waals surface area contributed by atoms with Gasteiger partial charge in [0.2, 0.25) is 11.4 Å². The van der Waals surface area contributed by atoms with E-state index in [0.29, 0.717) is 28.3 Å². The summed E-state index contributed by atoms with van der Waals surface area (Å²) in [5.74, 6) is 0.566. The molecule has 2 aliphatic rings. The number of hydrogen-bond acceptors (Lipinski definition) is 7. The molecule has 0 spiro atoms. The fourth-order valence-electron chi connectivity index (χ4n) is 5.17. The van der Waals surface area contributed by atoms with Gasteiger partial charge in [-0.1, -0.05) is 22.9 Å². The maximum absolute atomic E-state index is 13.1. The number of hydrogen-bond donors (Lipinski definition) is 1. The van der Waals surface area contributed by atoms with Crippen LogP contribution in [0.4, 0.5) is 5.95 Å². The number of rotatable bonds is 3. The molecule has 4 aromatic rings. The summed E-state index contributed by atoms with van der Waals surface area (Å²) < 4.78 is 3.57. The van der Waals surface area contributed by atoms with E-state index in [1.54, 1.807) is 4.40 Å². The predicted molar refractivity (Wildman–Crippen MR) is 128 cm³/mol. The molecule has 10 heteroatoms. The standard InChI is InChI=1S/C22H20BrN5O3S/c1-2-26-7-11-9-27(10-12(11)8-26)22-24-6-14-18(29)17(21(30)31)20-28(19(14)25-22)15-4-3-13(23)5-16(15)32-20/h3-6,11-12H,2,7-10H2,1H3,(H,30,31). The molecule has 1 aromatic carbocycles. The Morgan fingerprint density at radius 1 is 1.25 bits per heavy atom. The van der Waals surface area contributed by atoms with Gasteiger partial charge in [0.15, 0.2) is 5.65 Å². The molecule has 0 aliphatic carbocycles. The van der Waals surface area contributed by atoms with Crippen molar-refractivity contribution in [2.45, 2.75) is 6.92 Å². The number of halogens is 1. The van der Waals surface area contributed by atoms with Gasteiger partial charge in [0.05, 0.1) is 15.6 Å². The van der Waals surface area contributed by atoms with Crippen LogP contribution in [0.2, 0.25) is 0 Å². The normalized spacial score (nSPS) is 21.2. The number of thiazole rings is 1. The van der Waals surface area contributed by atoms with E-state index in [4.69, 9.17) is 4.98 Å². The first-order chi connectivity index (χ1) is 15.4. The van der Waals surface area contributed by atoms with Crippen molar-refractivity contribution in [3.05, 3.63) is 44.7 Å². The lowest BCUT2D eigenvalue weighted by molar-refractivity contribution is 0.0697. The SMILES string of the molecule is CCN1CC2CN(c3ncc4c(=O)c(C(=O)O)c5sc6cc(Br)ccc6n5c4n3)CC2C1. The van der Waals surface area contributed by atoms with Gasteiger partial charge in [0, 0.05) is 36.8 Å². The van der Waals surface area contributed by atoms with Gasteiger partial charge in [-0.2, -0.15) is 4.98 Å². The first-order valence-electron chi connectivity index (χ1n) is 10.6. The molecule has 6 rings (SSSR count). The smallest absolute Gasteiger partial charge is 0.342 e. The summed E-state index contributed by atoms with van der Waals surface area (Å²) in [6, 6.07) is 5.75. The first kappa shape index (κ1) is 20.1. The lowest BCUT2D eigenvalue weighted by atomic mass is 10.0. The third kappa shape index (κ3) is 2.89. The summed E-state index contributed by atoms with van der Waals surface area (Å²) in [7, 11) is 0.